The predicted molar refractivity (Wildman–Crippen MR) is 224 cm³/mol. The molecule has 2 saturated carbocycles. The van der Waals surface area contributed by atoms with Crippen LogP contribution >= 0.6 is 11.6 Å². The second kappa shape index (κ2) is 17.9. The number of aliphatic hydroxyl groups is 1. The van der Waals surface area contributed by atoms with E-state index in [-0.39, 0.29) is 36.3 Å². The molecule has 2 bridgehead atoms. The number of ketones is 1. The first-order valence-corrected chi connectivity index (χ1v) is 21.5. The number of terminal acetylenes is 1. The van der Waals surface area contributed by atoms with E-state index >= 15 is 4.79 Å². The third kappa shape index (κ3) is 7.94. The maximum atomic E-state index is 15.9. The summed E-state index contributed by atoms with van der Waals surface area (Å²) in [7, 11) is 0. The lowest BCUT2D eigenvalue weighted by Crippen LogP contribution is -2.82. The summed E-state index contributed by atoms with van der Waals surface area (Å²) in [6.45, 7) is 7.19. The average Bonchev–Trinajstić information content (AvgIpc) is 3.72. The summed E-state index contributed by atoms with van der Waals surface area (Å²) < 4.78 is 47.9. The molecule has 5 aliphatic rings. The molecule has 3 aliphatic carbocycles. The van der Waals surface area contributed by atoms with Gasteiger partial charge in [0.25, 0.3) is 0 Å². The lowest BCUT2D eigenvalue weighted by molar-refractivity contribution is -0.346. The Hall–Kier alpha value is -5.80. The van der Waals surface area contributed by atoms with Gasteiger partial charge in [-0.2, -0.15) is 0 Å². The fraction of sp³-hybridized carbons (Fsp3) is 0.511. The van der Waals surface area contributed by atoms with Crippen LogP contribution in [0.15, 0.2) is 71.8 Å². The minimum absolute atomic E-state index is 0.00735. The Morgan fingerprint density at radius 2 is 1.58 bits per heavy atom. The van der Waals surface area contributed by atoms with Crippen LogP contribution in [0.3, 0.4) is 0 Å². The maximum Gasteiger partial charge on any atom is 0.413 e. The number of amides is 1. The summed E-state index contributed by atoms with van der Waals surface area (Å²) in [5.41, 5.74) is -7.34. The van der Waals surface area contributed by atoms with Gasteiger partial charge in [0.1, 0.15) is 42.6 Å². The Balaban J connectivity index is 1.43. The van der Waals surface area contributed by atoms with Gasteiger partial charge in [0, 0.05) is 32.1 Å². The van der Waals surface area contributed by atoms with Crippen LogP contribution in [0.25, 0.3) is 0 Å². The first-order valence-electron chi connectivity index (χ1n) is 21.0. The molecule has 65 heavy (non-hydrogen) atoms. The molecule has 346 valence electrons. The van der Waals surface area contributed by atoms with Crippen LogP contribution in [-0.4, -0.2) is 125 Å². The molecule has 2 heterocycles. The molecule has 17 nitrogen and oxygen atoms in total. The molecular weight excluding hydrogens is 870 g/mol. The van der Waals surface area contributed by atoms with Crippen molar-refractivity contribution in [3.8, 4) is 12.3 Å². The number of benzene rings is 2. The first kappa shape index (κ1) is 47.2. The monoisotopic (exact) mass is 919 g/mol. The quantitative estimate of drug-likeness (QED) is 0.116. The number of ether oxygens (including phenoxy) is 8. The van der Waals surface area contributed by atoms with E-state index in [0.29, 0.717) is 5.56 Å². The number of alkyl halides is 1. The van der Waals surface area contributed by atoms with Gasteiger partial charge in [0.2, 0.25) is 0 Å². The summed E-state index contributed by atoms with van der Waals surface area (Å²) in [6.07, 6.45) is -5.48. The van der Waals surface area contributed by atoms with Crippen LogP contribution in [0.4, 0.5) is 4.79 Å². The molecule has 11 atom stereocenters. The largest absolute Gasteiger partial charge is 0.460 e. The fourth-order valence-corrected chi connectivity index (χ4v) is 10.7. The zero-order valence-corrected chi connectivity index (χ0v) is 37.4. The molecule has 1 N–H and O–H groups in total. The highest BCUT2D eigenvalue weighted by atomic mass is 35.5. The van der Waals surface area contributed by atoms with E-state index < -0.39 is 131 Å². The number of rotatable bonds is 10. The van der Waals surface area contributed by atoms with Crippen molar-refractivity contribution in [1.29, 1.82) is 0 Å². The van der Waals surface area contributed by atoms with Crippen LogP contribution in [-0.2, 0) is 61.9 Å². The van der Waals surface area contributed by atoms with E-state index in [2.05, 4.69) is 5.92 Å². The van der Waals surface area contributed by atoms with Gasteiger partial charge in [-0.05, 0) is 42.7 Å². The van der Waals surface area contributed by atoms with Crippen molar-refractivity contribution in [1.82, 2.24) is 4.90 Å². The molecule has 2 aliphatic heterocycles. The van der Waals surface area contributed by atoms with Gasteiger partial charge >= 0.3 is 35.9 Å². The number of fused-ring (bicyclic) bond motifs is 5. The minimum atomic E-state index is -2.42. The number of Topliss-reactive ketones (excluding diaryl/α,β-unsaturated/α-hetero) is 1. The Kier molecular flexibility index (Phi) is 13.0. The highest BCUT2D eigenvalue weighted by Crippen LogP contribution is 2.65. The average molecular weight is 920 g/mol. The number of carbonyl (C=O) groups excluding carboxylic acids is 7. The predicted octanol–water partition coefficient (Wildman–Crippen LogP) is 4.16. The van der Waals surface area contributed by atoms with E-state index in [1.807, 2.05) is 0 Å². The second-order valence-corrected chi connectivity index (χ2v) is 17.8. The van der Waals surface area contributed by atoms with Crippen LogP contribution in [0, 0.1) is 29.1 Å². The van der Waals surface area contributed by atoms with Crippen LogP contribution in [0.2, 0.25) is 0 Å². The Bertz CT molecular complexity index is 2330. The molecular formula is C47H50ClNO16. The molecule has 2 aromatic carbocycles. The zero-order valence-electron chi connectivity index (χ0n) is 36.6. The van der Waals surface area contributed by atoms with Gasteiger partial charge in [-0.1, -0.05) is 68.3 Å². The van der Waals surface area contributed by atoms with Crippen molar-refractivity contribution in [2.24, 2.45) is 16.7 Å². The topological polar surface area (TPSA) is 217 Å². The summed E-state index contributed by atoms with van der Waals surface area (Å²) >= 11 is 5.94. The highest BCUT2D eigenvalue weighted by Gasteiger charge is 2.79. The Morgan fingerprint density at radius 1 is 0.923 bits per heavy atom. The molecule has 0 radical (unpaired) electrons. The van der Waals surface area contributed by atoms with Crippen molar-refractivity contribution in [2.45, 2.75) is 108 Å². The molecule has 7 rings (SSSR count). The molecule has 1 amide bonds. The van der Waals surface area contributed by atoms with E-state index in [1.165, 1.54) is 24.0 Å². The van der Waals surface area contributed by atoms with E-state index in [1.54, 1.807) is 69.3 Å². The van der Waals surface area contributed by atoms with Gasteiger partial charge in [-0.15, -0.1) is 18.0 Å². The van der Waals surface area contributed by atoms with Crippen LogP contribution < -0.4 is 0 Å². The van der Waals surface area contributed by atoms with Gasteiger partial charge in [0.05, 0.1) is 29.5 Å². The number of hydrogen-bond acceptors (Lipinski definition) is 16. The second-order valence-electron chi connectivity index (χ2n) is 17.6. The van der Waals surface area contributed by atoms with Gasteiger partial charge < -0.3 is 43.0 Å². The van der Waals surface area contributed by atoms with Crippen LogP contribution in [0.5, 0.6) is 0 Å². The van der Waals surface area contributed by atoms with Crippen molar-refractivity contribution in [3.63, 3.8) is 0 Å². The number of nitrogens with zero attached hydrogens (tertiary/aromatic N) is 1. The summed E-state index contributed by atoms with van der Waals surface area (Å²) in [4.78, 5) is 98.8. The summed E-state index contributed by atoms with van der Waals surface area (Å²) in [6, 6.07) is 15.2. The molecule has 2 unspecified atom stereocenters. The fourth-order valence-electron chi connectivity index (χ4n) is 10.6. The third-order valence-electron chi connectivity index (χ3n) is 13.7. The SMILES string of the molecule is C#CCOC(=O)N1COC(C(=O)O[C@H]2C[C@@]3(O)[C@@H](OC(=O)c4ccccc4)[C@@H]4[C@]5(OC(C)=O)CO[C@@H]5C[C@H](OC(=O)CCl)[C@@]4(C)C(=O)[C@H](OC(C)=O)C(=C2C)C3(C)C)C1c1ccccc1. The molecule has 2 saturated heterocycles. The number of hydrogen-bond donors (Lipinski definition) is 1. The van der Waals surface area contributed by atoms with Crippen LogP contribution in [0.1, 0.15) is 76.3 Å². The molecule has 0 aromatic heterocycles. The van der Waals surface area contributed by atoms with E-state index in [9.17, 15) is 33.9 Å². The highest BCUT2D eigenvalue weighted by molar-refractivity contribution is 6.26. The van der Waals surface area contributed by atoms with Crippen molar-refractivity contribution >= 4 is 53.3 Å². The molecule has 2 aromatic rings. The van der Waals surface area contributed by atoms with E-state index in [4.69, 9.17) is 55.9 Å². The Labute approximate surface area is 379 Å². The summed E-state index contributed by atoms with van der Waals surface area (Å²) in [5.74, 6) is -5.49. The van der Waals surface area contributed by atoms with Crippen molar-refractivity contribution in [3.05, 3.63) is 82.9 Å². The maximum absolute atomic E-state index is 15.9. The third-order valence-corrected chi connectivity index (χ3v) is 13.9. The van der Waals surface area contributed by atoms with Crippen molar-refractivity contribution < 1.29 is 76.6 Å². The van der Waals surface area contributed by atoms with Gasteiger partial charge in [-0.3, -0.25) is 24.1 Å². The lowest BCUT2D eigenvalue weighted by Gasteiger charge is -2.67. The molecule has 18 heteroatoms. The standard InChI is InChI=1S/C47H50ClNO16/c1-8-19-58-43(56)49-24-60-37(35(49)28-15-11-9-12-16-28)42(55)62-30-21-47(57)40(64-41(54)29-17-13-10-14-18-29)38-45(7,39(53)36(61-26(3)50)34(25(30)2)44(47,5)6)31(63-33(52)22-48)20-32-46(38,23-59-32)65-27(4)51/h1,9-18,30-32,35-38,40,57H,19-24H2,2-7H3/t30-,31-,32+,35?,36+,37?,38-,40-,45+,46-,47+/m0/s1. The lowest BCUT2D eigenvalue weighted by atomic mass is 9.44. The molecule has 0 spiro atoms. The number of halogens is 1. The number of carbonyl (C=O) groups is 7. The van der Waals surface area contributed by atoms with E-state index in [0.717, 1.165) is 13.8 Å². The first-order chi connectivity index (χ1) is 30.8. The van der Waals surface area contributed by atoms with Crippen molar-refractivity contribution in [2.75, 3.05) is 25.8 Å². The van der Waals surface area contributed by atoms with Gasteiger partial charge in [-0.25, -0.2) is 14.4 Å². The van der Waals surface area contributed by atoms with Gasteiger partial charge in [0.15, 0.2) is 30.2 Å². The normalized spacial score (nSPS) is 33.3. The number of esters is 5. The minimum Gasteiger partial charge on any atom is -0.460 e. The smallest absolute Gasteiger partial charge is 0.413 e. The Morgan fingerprint density at radius 3 is 2.17 bits per heavy atom. The molecule has 4 fully saturated rings. The zero-order chi connectivity index (χ0) is 47.2. The summed E-state index contributed by atoms with van der Waals surface area (Å²) in [5, 5.41) is 13.9.